The molecule has 2 aromatic carbocycles. The average molecular weight is 471 g/mol. The topological polar surface area (TPSA) is 92.4 Å². The van der Waals surface area contributed by atoms with E-state index in [2.05, 4.69) is 20.1 Å². The highest BCUT2D eigenvalue weighted by molar-refractivity contribution is 7.13. The van der Waals surface area contributed by atoms with Crippen molar-refractivity contribution < 1.29 is 18.7 Å². The number of hydrogen-bond donors (Lipinski definition) is 0. The van der Waals surface area contributed by atoms with Crippen LogP contribution < -0.4 is 14.2 Å². The zero-order chi connectivity index (χ0) is 22.7. The van der Waals surface area contributed by atoms with Gasteiger partial charge in [-0.2, -0.15) is 4.98 Å². The lowest BCUT2D eigenvalue weighted by Gasteiger charge is -2.18. The first kappa shape index (κ1) is 20.4. The van der Waals surface area contributed by atoms with E-state index >= 15 is 0 Å². The van der Waals surface area contributed by atoms with Crippen LogP contribution in [0.3, 0.4) is 0 Å². The SMILES string of the molecule is c1cncc(COc2cccc(-c3noc(-c4csc(-c5ccc6c(c5)OCCO6)n4)n3)c2)c1. The number of pyridine rings is 1. The minimum Gasteiger partial charge on any atom is -0.489 e. The summed E-state index contributed by atoms with van der Waals surface area (Å²) in [6.45, 7) is 1.53. The van der Waals surface area contributed by atoms with Crippen LogP contribution in [0.1, 0.15) is 5.56 Å². The number of thiazole rings is 1. The molecule has 168 valence electrons. The van der Waals surface area contributed by atoms with Gasteiger partial charge in [0.25, 0.3) is 5.89 Å². The molecular weight excluding hydrogens is 452 g/mol. The Labute approximate surface area is 198 Å². The van der Waals surface area contributed by atoms with E-state index in [0.717, 1.165) is 33.2 Å². The standard InChI is InChI=1S/C25H18N4O4S/c1-4-17(11-19(5-1)32-14-16-3-2-8-26-13-16)23-28-24(33-29-23)20-15-34-25(27-20)18-6-7-21-22(12-18)31-10-9-30-21/h1-8,11-13,15H,9-10,14H2. The van der Waals surface area contributed by atoms with Gasteiger partial charge in [0, 0.05) is 34.5 Å². The number of fused-ring (bicyclic) bond motifs is 1. The van der Waals surface area contributed by atoms with E-state index in [1.165, 1.54) is 11.3 Å². The molecule has 5 aromatic rings. The van der Waals surface area contributed by atoms with Gasteiger partial charge in [0.05, 0.1) is 0 Å². The minimum atomic E-state index is 0.358. The smallest absolute Gasteiger partial charge is 0.277 e. The Bertz CT molecular complexity index is 1430. The van der Waals surface area contributed by atoms with Gasteiger partial charge in [-0.25, -0.2) is 4.98 Å². The predicted octanol–water partition coefficient (Wildman–Crippen LogP) is 5.27. The lowest BCUT2D eigenvalue weighted by Crippen LogP contribution is -2.15. The zero-order valence-electron chi connectivity index (χ0n) is 17.9. The molecule has 0 saturated heterocycles. The van der Waals surface area contributed by atoms with E-state index < -0.39 is 0 Å². The van der Waals surface area contributed by atoms with Crippen LogP contribution in [0.5, 0.6) is 17.2 Å². The maximum atomic E-state index is 5.88. The van der Waals surface area contributed by atoms with Crippen molar-refractivity contribution in [3.8, 4) is 50.8 Å². The van der Waals surface area contributed by atoms with Gasteiger partial charge in [-0.3, -0.25) is 4.98 Å². The van der Waals surface area contributed by atoms with Gasteiger partial charge in [0.15, 0.2) is 11.5 Å². The third-order valence-electron chi connectivity index (χ3n) is 5.16. The summed E-state index contributed by atoms with van der Waals surface area (Å²) in [4.78, 5) is 13.3. The Hall–Kier alpha value is -4.24. The third kappa shape index (κ3) is 4.20. The molecule has 0 saturated carbocycles. The van der Waals surface area contributed by atoms with Crippen molar-refractivity contribution in [2.75, 3.05) is 13.2 Å². The van der Waals surface area contributed by atoms with Crippen molar-refractivity contribution in [2.45, 2.75) is 6.61 Å². The molecule has 1 aliphatic heterocycles. The fourth-order valence-corrected chi connectivity index (χ4v) is 4.29. The molecule has 8 nitrogen and oxygen atoms in total. The summed E-state index contributed by atoms with van der Waals surface area (Å²) in [7, 11) is 0. The van der Waals surface area contributed by atoms with E-state index in [-0.39, 0.29) is 0 Å². The van der Waals surface area contributed by atoms with Gasteiger partial charge in [0.2, 0.25) is 5.82 Å². The molecule has 9 heteroatoms. The lowest BCUT2D eigenvalue weighted by atomic mass is 10.2. The predicted molar refractivity (Wildman–Crippen MR) is 126 cm³/mol. The summed E-state index contributed by atoms with van der Waals surface area (Å²) in [6, 6.07) is 17.2. The summed E-state index contributed by atoms with van der Waals surface area (Å²) in [5.74, 6) is 3.01. The van der Waals surface area contributed by atoms with Crippen LogP contribution in [0.15, 0.2) is 76.9 Å². The summed E-state index contributed by atoms with van der Waals surface area (Å²) >= 11 is 1.50. The van der Waals surface area contributed by atoms with Crippen LogP contribution in [0.4, 0.5) is 0 Å². The van der Waals surface area contributed by atoms with Crippen LogP contribution >= 0.6 is 11.3 Å². The van der Waals surface area contributed by atoms with E-state index in [4.69, 9.17) is 18.7 Å². The molecule has 0 spiro atoms. The molecule has 0 fully saturated rings. The molecule has 3 aromatic heterocycles. The van der Waals surface area contributed by atoms with E-state index in [9.17, 15) is 0 Å². The first-order valence-corrected chi connectivity index (χ1v) is 11.5. The fourth-order valence-electron chi connectivity index (χ4n) is 3.50. The third-order valence-corrected chi connectivity index (χ3v) is 6.05. The molecule has 0 N–H and O–H groups in total. The highest BCUT2D eigenvalue weighted by Gasteiger charge is 2.17. The zero-order valence-corrected chi connectivity index (χ0v) is 18.7. The van der Waals surface area contributed by atoms with Crippen molar-refractivity contribution in [3.05, 3.63) is 77.9 Å². The van der Waals surface area contributed by atoms with Crippen molar-refractivity contribution in [1.82, 2.24) is 20.1 Å². The van der Waals surface area contributed by atoms with Gasteiger partial charge < -0.3 is 18.7 Å². The van der Waals surface area contributed by atoms with E-state index in [1.54, 1.807) is 12.4 Å². The summed E-state index contributed by atoms with van der Waals surface area (Å²) < 4.78 is 22.7. The Kier molecular flexibility index (Phi) is 5.36. The Balaban J connectivity index is 1.20. The second kappa shape index (κ2) is 8.95. The quantitative estimate of drug-likeness (QED) is 0.331. The van der Waals surface area contributed by atoms with Crippen molar-refractivity contribution in [2.24, 2.45) is 0 Å². The van der Waals surface area contributed by atoms with Gasteiger partial charge in [-0.15, -0.1) is 11.3 Å². The molecule has 0 unspecified atom stereocenters. The van der Waals surface area contributed by atoms with Crippen LogP contribution in [0, 0.1) is 0 Å². The lowest BCUT2D eigenvalue weighted by molar-refractivity contribution is 0.171. The van der Waals surface area contributed by atoms with E-state index in [1.807, 2.05) is 60.0 Å². The van der Waals surface area contributed by atoms with Gasteiger partial charge >= 0.3 is 0 Å². The number of hydrogen-bond acceptors (Lipinski definition) is 9. The number of benzene rings is 2. The van der Waals surface area contributed by atoms with E-state index in [0.29, 0.717) is 43.0 Å². The molecule has 0 atom stereocenters. The van der Waals surface area contributed by atoms with Gasteiger partial charge in [-0.1, -0.05) is 23.4 Å². The Morgan fingerprint density at radius 3 is 2.76 bits per heavy atom. The first-order valence-electron chi connectivity index (χ1n) is 10.6. The summed E-state index contributed by atoms with van der Waals surface area (Å²) in [5.41, 5.74) is 3.35. The normalized spacial score (nSPS) is 12.5. The molecular formula is C25H18N4O4S. The highest BCUT2D eigenvalue weighted by Crippen LogP contribution is 2.36. The molecule has 6 rings (SSSR count). The second-order valence-electron chi connectivity index (χ2n) is 7.50. The van der Waals surface area contributed by atoms with Crippen molar-refractivity contribution >= 4 is 11.3 Å². The maximum Gasteiger partial charge on any atom is 0.277 e. The number of aromatic nitrogens is 4. The average Bonchev–Trinajstić information content (AvgIpc) is 3.58. The molecule has 0 bridgehead atoms. The maximum absolute atomic E-state index is 5.88. The fraction of sp³-hybridized carbons (Fsp3) is 0.120. The molecule has 34 heavy (non-hydrogen) atoms. The van der Waals surface area contributed by atoms with Gasteiger partial charge in [-0.05, 0) is 36.4 Å². The largest absolute Gasteiger partial charge is 0.489 e. The number of nitrogens with zero attached hydrogens (tertiary/aromatic N) is 4. The first-order chi connectivity index (χ1) is 16.8. The second-order valence-corrected chi connectivity index (χ2v) is 8.36. The molecule has 1 aliphatic rings. The summed E-state index contributed by atoms with van der Waals surface area (Å²) in [5, 5.41) is 6.87. The van der Waals surface area contributed by atoms with Crippen LogP contribution in [-0.4, -0.2) is 33.3 Å². The van der Waals surface area contributed by atoms with Crippen LogP contribution in [0.25, 0.3) is 33.5 Å². The molecule has 0 aliphatic carbocycles. The monoisotopic (exact) mass is 470 g/mol. The highest BCUT2D eigenvalue weighted by atomic mass is 32.1. The summed E-state index contributed by atoms with van der Waals surface area (Å²) in [6.07, 6.45) is 3.52. The van der Waals surface area contributed by atoms with Crippen LogP contribution in [-0.2, 0) is 6.61 Å². The molecule has 0 amide bonds. The number of rotatable bonds is 6. The number of ether oxygens (including phenoxy) is 3. The Morgan fingerprint density at radius 1 is 0.912 bits per heavy atom. The van der Waals surface area contributed by atoms with Crippen LogP contribution in [0.2, 0.25) is 0 Å². The van der Waals surface area contributed by atoms with Crippen molar-refractivity contribution in [1.29, 1.82) is 0 Å². The van der Waals surface area contributed by atoms with Gasteiger partial charge in [0.1, 0.15) is 36.3 Å². The molecule has 0 radical (unpaired) electrons. The minimum absolute atomic E-state index is 0.358. The van der Waals surface area contributed by atoms with Crippen molar-refractivity contribution in [3.63, 3.8) is 0 Å². The Morgan fingerprint density at radius 2 is 1.85 bits per heavy atom. The molecule has 4 heterocycles.